The van der Waals surface area contributed by atoms with Gasteiger partial charge in [-0.15, -0.1) is 0 Å². The molecule has 1 N–H and O–H groups in total. The lowest BCUT2D eigenvalue weighted by Gasteiger charge is -2.44. The fourth-order valence-corrected chi connectivity index (χ4v) is 4.50. The second-order valence-electron chi connectivity index (χ2n) is 8.60. The van der Waals surface area contributed by atoms with E-state index in [1.165, 1.54) is 0 Å². The Hall–Kier alpha value is -2.31. The minimum atomic E-state index is -0.229. The molecule has 0 aliphatic heterocycles. The number of nitrogens with zero attached hydrogens (tertiary/aromatic N) is 1. The highest BCUT2D eigenvalue weighted by molar-refractivity contribution is 6.30. The summed E-state index contributed by atoms with van der Waals surface area (Å²) < 4.78 is 0. The molecule has 1 fully saturated rings. The molecule has 0 aromatic heterocycles. The SMILES string of the molecule is CC(C)C1(C(=O)N[C@@H](C)[C@@H](Cc2ccc(Cl)cc2)c2cccc(C#N)c2)CCC1. The highest BCUT2D eigenvalue weighted by Gasteiger charge is 2.47. The molecule has 0 saturated heterocycles. The topological polar surface area (TPSA) is 52.9 Å². The van der Waals surface area contributed by atoms with Gasteiger partial charge in [0.05, 0.1) is 17.0 Å². The molecule has 0 unspecified atom stereocenters. The first kappa shape index (κ1) is 21.4. The van der Waals surface area contributed by atoms with Crippen LogP contribution in [0.25, 0.3) is 0 Å². The highest BCUT2D eigenvalue weighted by atomic mass is 35.5. The monoisotopic (exact) mass is 408 g/mol. The van der Waals surface area contributed by atoms with Crippen LogP contribution in [0.3, 0.4) is 0 Å². The summed E-state index contributed by atoms with van der Waals surface area (Å²) in [6, 6.07) is 17.7. The van der Waals surface area contributed by atoms with Crippen LogP contribution in [0.4, 0.5) is 0 Å². The molecular formula is C25H29ClN2O. The minimum Gasteiger partial charge on any atom is -0.353 e. The van der Waals surface area contributed by atoms with Gasteiger partial charge in [0.2, 0.25) is 5.91 Å². The van der Waals surface area contributed by atoms with Gasteiger partial charge in [0, 0.05) is 17.0 Å². The average molecular weight is 409 g/mol. The zero-order valence-electron chi connectivity index (χ0n) is 17.4. The van der Waals surface area contributed by atoms with Gasteiger partial charge in [-0.2, -0.15) is 5.26 Å². The summed E-state index contributed by atoms with van der Waals surface area (Å²) in [7, 11) is 0. The number of nitriles is 1. The van der Waals surface area contributed by atoms with E-state index in [0.717, 1.165) is 36.8 Å². The largest absolute Gasteiger partial charge is 0.353 e. The normalized spacial score (nSPS) is 17.1. The fraction of sp³-hybridized carbons (Fsp3) is 0.440. The van der Waals surface area contributed by atoms with Crippen LogP contribution < -0.4 is 5.32 Å². The van der Waals surface area contributed by atoms with E-state index < -0.39 is 0 Å². The second kappa shape index (κ2) is 9.01. The smallest absolute Gasteiger partial charge is 0.226 e. The first-order chi connectivity index (χ1) is 13.9. The second-order valence-corrected chi connectivity index (χ2v) is 9.04. The van der Waals surface area contributed by atoms with E-state index in [1.54, 1.807) is 0 Å². The third kappa shape index (κ3) is 4.65. The summed E-state index contributed by atoms with van der Waals surface area (Å²) in [4.78, 5) is 13.2. The lowest BCUT2D eigenvalue weighted by atomic mass is 9.61. The Morgan fingerprint density at radius 3 is 2.41 bits per heavy atom. The maximum absolute atomic E-state index is 13.2. The van der Waals surface area contributed by atoms with E-state index in [4.69, 9.17) is 11.6 Å². The number of nitrogens with one attached hydrogen (secondary N) is 1. The highest BCUT2D eigenvalue weighted by Crippen LogP contribution is 2.47. The summed E-state index contributed by atoms with van der Waals surface area (Å²) in [6.45, 7) is 6.36. The standard InChI is InChI=1S/C25H29ClN2O/c1-17(2)25(12-5-13-25)24(29)28-18(3)23(15-19-8-10-22(26)11-9-19)21-7-4-6-20(14-21)16-27/h4,6-11,14,17-18,23H,5,12-13,15H2,1-3H3,(H,28,29)/t18-,23+/m0/s1. The molecule has 2 atom stereocenters. The average Bonchev–Trinajstić information content (AvgIpc) is 2.66. The van der Waals surface area contributed by atoms with Crippen LogP contribution in [0.2, 0.25) is 5.02 Å². The minimum absolute atomic E-state index is 0.0525. The van der Waals surface area contributed by atoms with Crippen LogP contribution >= 0.6 is 11.6 Å². The zero-order chi connectivity index (χ0) is 21.0. The Labute approximate surface area is 179 Å². The Morgan fingerprint density at radius 1 is 1.17 bits per heavy atom. The molecule has 3 rings (SSSR count). The van der Waals surface area contributed by atoms with Crippen molar-refractivity contribution < 1.29 is 4.79 Å². The van der Waals surface area contributed by atoms with Gasteiger partial charge in [-0.25, -0.2) is 0 Å². The lowest BCUT2D eigenvalue weighted by molar-refractivity contribution is -0.140. The molecule has 3 nitrogen and oxygen atoms in total. The van der Waals surface area contributed by atoms with Gasteiger partial charge in [0.25, 0.3) is 0 Å². The summed E-state index contributed by atoms with van der Waals surface area (Å²) in [5, 5.41) is 13.4. The molecule has 4 heteroatoms. The number of carbonyl (C=O) groups excluding carboxylic acids is 1. The van der Waals surface area contributed by atoms with Crippen molar-refractivity contribution in [3.05, 3.63) is 70.2 Å². The Morgan fingerprint density at radius 2 is 1.86 bits per heavy atom. The van der Waals surface area contributed by atoms with E-state index in [9.17, 15) is 10.1 Å². The molecule has 29 heavy (non-hydrogen) atoms. The summed E-state index contributed by atoms with van der Waals surface area (Å²) in [6.07, 6.45) is 3.82. The van der Waals surface area contributed by atoms with Crippen LogP contribution in [0.1, 0.15) is 62.6 Å². The van der Waals surface area contributed by atoms with Gasteiger partial charge in [0.1, 0.15) is 0 Å². The maximum atomic E-state index is 13.2. The van der Waals surface area contributed by atoms with E-state index in [2.05, 4.69) is 32.2 Å². The van der Waals surface area contributed by atoms with Crippen molar-refractivity contribution in [1.82, 2.24) is 5.32 Å². The zero-order valence-corrected chi connectivity index (χ0v) is 18.2. The Balaban J connectivity index is 1.86. The third-order valence-corrected chi connectivity index (χ3v) is 6.83. The van der Waals surface area contributed by atoms with Gasteiger partial charge >= 0.3 is 0 Å². The van der Waals surface area contributed by atoms with Crippen molar-refractivity contribution in [2.75, 3.05) is 0 Å². The lowest BCUT2D eigenvalue weighted by Crippen LogP contribution is -2.52. The Kier molecular flexibility index (Phi) is 6.65. The maximum Gasteiger partial charge on any atom is 0.226 e. The summed E-state index contributed by atoms with van der Waals surface area (Å²) in [5.74, 6) is 0.571. The van der Waals surface area contributed by atoms with E-state index in [0.29, 0.717) is 16.5 Å². The number of halogens is 1. The van der Waals surface area contributed by atoms with Crippen molar-refractivity contribution in [2.24, 2.45) is 11.3 Å². The van der Waals surface area contributed by atoms with Crippen molar-refractivity contribution in [2.45, 2.75) is 58.4 Å². The Bertz CT molecular complexity index is 894. The molecule has 1 aliphatic carbocycles. The number of carbonyl (C=O) groups is 1. The molecule has 1 aliphatic rings. The van der Waals surface area contributed by atoms with Crippen LogP contribution in [-0.4, -0.2) is 11.9 Å². The van der Waals surface area contributed by atoms with Gasteiger partial charge in [-0.1, -0.05) is 56.1 Å². The van der Waals surface area contributed by atoms with Crippen molar-refractivity contribution >= 4 is 17.5 Å². The van der Waals surface area contributed by atoms with Crippen molar-refractivity contribution in [3.63, 3.8) is 0 Å². The van der Waals surface area contributed by atoms with Gasteiger partial charge < -0.3 is 5.32 Å². The fourth-order valence-electron chi connectivity index (χ4n) is 4.37. The third-order valence-electron chi connectivity index (χ3n) is 6.58. The van der Waals surface area contributed by atoms with Crippen LogP contribution in [-0.2, 0) is 11.2 Å². The number of amides is 1. The molecule has 1 saturated carbocycles. The molecule has 0 spiro atoms. The van der Waals surface area contributed by atoms with E-state index in [-0.39, 0.29) is 23.3 Å². The summed E-state index contributed by atoms with van der Waals surface area (Å²) >= 11 is 6.05. The van der Waals surface area contributed by atoms with Gasteiger partial charge in [-0.3, -0.25) is 4.79 Å². The van der Waals surface area contributed by atoms with Crippen molar-refractivity contribution in [1.29, 1.82) is 5.26 Å². The van der Waals surface area contributed by atoms with Gasteiger partial charge in [0.15, 0.2) is 0 Å². The molecule has 152 valence electrons. The van der Waals surface area contributed by atoms with Crippen molar-refractivity contribution in [3.8, 4) is 6.07 Å². The first-order valence-corrected chi connectivity index (χ1v) is 10.8. The molecule has 0 radical (unpaired) electrons. The molecule has 0 bridgehead atoms. The van der Waals surface area contributed by atoms with Crippen LogP contribution in [0.15, 0.2) is 48.5 Å². The predicted octanol–water partition coefficient (Wildman–Crippen LogP) is 5.87. The number of hydrogen-bond acceptors (Lipinski definition) is 2. The van der Waals surface area contributed by atoms with Gasteiger partial charge in [-0.05, 0) is 67.5 Å². The first-order valence-electron chi connectivity index (χ1n) is 10.4. The summed E-state index contributed by atoms with van der Waals surface area (Å²) in [5.41, 5.74) is 2.64. The molecule has 2 aromatic rings. The molecule has 0 heterocycles. The number of benzene rings is 2. The molecular weight excluding hydrogens is 380 g/mol. The van der Waals surface area contributed by atoms with E-state index >= 15 is 0 Å². The predicted molar refractivity (Wildman–Crippen MR) is 118 cm³/mol. The quantitative estimate of drug-likeness (QED) is 0.622. The van der Waals surface area contributed by atoms with Crippen LogP contribution in [0, 0.1) is 22.7 Å². The number of rotatable bonds is 7. The number of hydrogen-bond donors (Lipinski definition) is 1. The van der Waals surface area contributed by atoms with Crippen LogP contribution in [0.5, 0.6) is 0 Å². The molecule has 2 aromatic carbocycles. The molecule has 1 amide bonds. The van der Waals surface area contributed by atoms with E-state index in [1.807, 2.05) is 48.5 Å².